The van der Waals surface area contributed by atoms with Crippen molar-refractivity contribution in [3.8, 4) is 0 Å². The van der Waals surface area contributed by atoms with E-state index in [2.05, 4.69) is 16.0 Å². The SMILES string of the molecule is O=C(CCc1cccc(NC2=CC(=O)N(C3CCC(=O)NC3O)C2=O)c1)Nc1ccc(Cl)cc1. The number of halogens is 1. The number of nitrogens with zero attached hydrogens (tertiary/aromatic N) is 1. The average molecular weight is 483 g/mol. The molecule has 9 nitrogen and oxygen atoms in total. The van der Waals surface area contributed by atoms with Gasteiger partial charge in [0.2, 0.25) is 11.8 Å². The minimum Gasteiger partial charge on any atom is -0.372 e. The molecule has 0 aliphatic carbocycles. The number of piperidine rings is 1. The molecule has 2 aromatic carbocycles. The van der Waals surface area contributed by atoms with Crippen molar-refractivity contribution in [2.75, 3.05) is 10.6 Å². The van der Waals surface area contributed by atoms with Gasteiger partial charge in [-0.05, 0) is 54.8 Å². The number of hydrogen-bond donors (Lipinski definition) is 4. The Labute approximate surface area is 200 Å². The van der Waals surface area contributed by atoms with Gasteiger partial charge >= 0.3 is 0 Å². The third-order valence-electron chi connectivity index (χ3n) is 5.60. The molecule has 4 amide bonds. The number of aliphatic hydroxyl groups is 1. The van der Waals surface area contributed by atoms with Crippen LogP contribution in [0.15, 0.2) is 60.3 Å². The van der Waals surface area contributed by atoms with Gasteiger partial charge in [0.15, 0.2) is 0 Å². The molecular formula is C24H23ClN4O5. The van der Waals surface area contributed by atoms with Crippen LogP contribution in [0.25, 0.3) is 0 Å². The second kappa shape index (κ2) is 10.1. The van der Waals surface area contributed by atoms with Crippen LogP contribution in [0.2, 0.25) is 5.02 Å². The minimum atomic E-state index is -1.30. The van der Waals surface area contributed by atoms with E-state index in [0.29, 0.717) is 22.8 Å². The number of amides is 4. The maximum absolute atomic E-state index is 12.8. The van der Waals surface area contributed by atoms with Crippen LogP contribution in [0.4, 0.5) is 11.4 Å². The van der Waals surface area contributed by atoms with E-state index in [9.17, 15) is 24.3 Å². The van der Waals surface area contributed by atoms with Crippen LogP contribution in [-0.2, 0) is 25.6 Å². The van der Waals surface area contributed by atoms with Crippen molar-refractivity contribution in [2.45, 2.75) is 38.0 Å². The summed E-state index contributed by atoms with van der Waals surface area (Å²) in [5.74, 6) is -1.60. The Morgan fingerprint density at radius 3 is 2.62 bits per heavy atom. The van der Waals surface area contributed by atoms with E-state index in [1.807, 2.05) is 6.07 Å². The first-order chi connectivity index (χ1) is 16.3. The number of benzene rings is 2. The lowest BCUT2D eigenvalue weighted by atomic mass is 10.0. The van der Waals surface area contributed by atoms with Gasteiger partial charge < -0.3 is 21.1 Å². The Morgan fingerprint density at radius 1 is 1.12 bits per heavy atom. The number of rotatable bonds is 7. The van der Waals surface area contributed by atoms with Crippen molar-refractivity contribution >= 4 is 46.6 Å². The first-order valence-corrected chi connectivity index (χ1v) is 11.2. The second-order valence-electron chi connectivity index (χ2n) is 8.07. The normalized spacial score (nSPS) is 20.1. The number of aryl methyl sites for hydroxylation is 1. The fourth-order valence-electron chi connectivity index (χ4n) is 3.90. The van der Waals surface area contributed by atoms with Gasteiger partial charge in [-0.15, -0.1) is 0 Å². The predicted molar refractivity (Wildman–Crippen MR) is 126 cm³/mol. The minimum absolute atomic E-state index is 0.0757. The molecule has 0 aromatic heterocycles. The van der Waals surface area contributed by atoms with Gasteiger partial charge in [0.1, 0.15) is 11.9 Å². The number of anilines is 2. The summed E-state index contributed by atoms with van der Waals surface area (Å²) in [5, 5.41) is 18.8. The molecule has 0 spiro atoms. The molecule has 34 heavy (non-hydrogen) atoms. The number of hydrogen-bond acceptors (Lipinski definition) is 6. The average Bonchev–Trinajstić information content (AvgIpc) is 3.07. The summed E-state index contributed by atoms with van der Waals surface area (Å²) < 4.78 is 0. The molecule has 2 atom stereocenters. The quantitative estimate of drug-likeness (QED) is 0.448. The Bertz CT molecular complexity index is 1160. The smallest absolute Gasteiger partial charge is 0.277 e. The van der Waals surface area contributed by atoms with Crippen molar-refractivity contribution in [1.82, 2.24) is 10.2 Å². The summed E-state index contributed by atoms with van der Waals surface area (Å²) in [6.07, 6.45) is 0.919. The molecule has 176 valence electrons. The Hall–Kier alpha value is -3.69. The summed E-state index contributed by atoms with van der Waals surface area (Å²) in [6.45, 7) is 0. The topological polar surface area (TPSA) is 128 Å². The highest BCUT2D eigenvalue weighted by molar-refractivity contribution is 6.30. The first-order valence-electron chi connectivity index (χ1n) is 10.8. The van der Waals surface area contributed by atoms with Crippen LogP contribution < -0.4 is 16.0 Å². The number of nitrogens with one attached hydrogen (secondary N) is 3. The molecule has 1 fully saturated rings. The van der Waals surface area contributed by atoms with E-state index in [-0.39, 0.29) is 36.8 Å². The first kappa shape index (κ1) is 23.5. The van der Waals surface area contributed by atoms with Crippen LogP contribution in [0.3, 0.4) is 0 Å². The molecule has 10 heteroatoms. The zero-order valence-corrected chi connectivity index (χ0v) is 18.8. The fourth-order valence-corrected chi connectivity index (χ4v) is 4.03. The van der Waals surface area contributed by atoms with Gasteiger partial charge in [0, 0.05) is 35.3 Å². The highest BCUT2D eigenvalue weighted by atomic mass is 35.5. The standard InChI is InChI=1S/C24H23ClN4O5/c25-15-5-7-16(8-6-15)27-20(30)10-4-14-2-1-3-17(12-14)26-18-13-22(32)29(24(18)34)19-9-11-21(31)28-23(19)33/h1-3,5-8,12-13,19,23,26,33H,4,9-11H2,(H,27,30)(H,28,31). The fraction of sp³-hybridized carbons (Fsp3) is 0.250. The van der Waals surface area contributed by atoms with Crippen molar-refractivity contribution in [3.05, 3.63) is 70.9 Å². The molecule has 1 saturated heterocycles. The molecule has 0 saturated carbocycles. The maximum Gasteiger partial charge on any atom is 0.277 e. The largest absolute Gasteiger partial charge is 0.372 e. The molecule has 2 unspecified atom stereocenters. The number of carbonyl (C=O) groups is 4. The van der Waals surface area contributed by atoms with E-state index in [1.54, 1.807) is 42.5 Å². The van der Waals surface area contributed by atoms with Gasteiger partial charge in [-0.2, -0.15) is 0 Å². The number of aliphatic hydroxyl groups excluding tert-OH is 1. The van der Waals surface area contributed by atoms with Crippen molar-refractivity contribution in [2.24, 2.45) is 0 Å². The molecule has 2 aliphatic heterocycles. The molecule has 2 heterocycles. The van der Waals surface area contributed by atoms with Crippen molar-refractivity contribution in [3.63, 3.8) is 0 Å². The number of carbonyl (C=O) groups excluding carboxylic acids is 4. The Balaban J connectivity index is 1.35. The lowest BCUT2D eigenvalue weighted by Gasteiger charge is -2.34. The van der Waals surface area contributed by atoms with Gasteiger partial charge in [-0.25, -0.2) is 0 Å². The van der Waals surface area contributed by atoms with Crippen LogP contribution in [0, 0.1) is 0 Å². The lowest BCUT2D eigenvalue weighted by molar-refractivity contribution is -0.148. The summed E-state index contributed by atoms with van der Waals surface area (Å²) in [7, 11) is 0. The Kier molecular flexibility index (Phi) is 6.95. The molecule has 0 bridgehead atoms. The maximum atomic E-state index is 12.8. The Morgan fingerprint density at radius 2 is 1.88 bits per heavy atom. The third kappa shape index (κ3) is 5.44. The van der Waals surface area contributed by atoms with E-state index in [0.717, 1.165) is 10.5 Å². The van der Waals surface area contributed by atoms with Crippen LogP contribution in [-0.4, -0.2) is 45.9 Å². The van der Waals surface area contributed by atoms with Gasteiger partial charge in [-0.1, -0.05) is 23.7 Å². The molecule has 4 N–H and O–H groups in total. The summed E-state index contributed by atoms with van der Waals surface area (Å²) >= 11 is 5.85. The molecule has 4 rings (SSSR count). The molecular weight excluding hydrogens is 460 g/mol. The highest BCUT2D eigenvalue weighted by Crippen LogP contribution is 2.24. The van der Waals surface area contributed by atoms with Crippen LogP contribution >= 0.6 is 11.6 Å². The van der Waals surface area contributed by atoms with E-state index < -0.39 is 24.1 Å². The monoisotopic (exact) mass is 482 g/mol. The predicted octanol–water partition coefficient (Wildman–Crippen LogP) is 2.17. The van der Waals surface area contributed by atoms with Crippen molar-refractivity contribution in [1.29, 1.82) is 0 Å². The molecule has 2 aromatic rings. The second-order valence-corrected chi connectivity index (χ2v) is 8.51. The lowest BCUT2D eigenvalue weighted by Crippen LogP contribution is -2.57. The van der Waals surface area contributed by atoms with Gasteiger partial charge in [-0.3, -0.25) is 24.1 Å². The zero-order chi connectivity index (χ0) is 24.2. The third-order valence-corrected chi connectivity index (χ3v) is 5.85. The molecule has 0 radical (unpaired) electrons. The van der Waals surface area contributed by atoms with Crippen LogP contribution in [0.5, 0.6) is 0 Å². The van der Waals surface area contributed by atoms with Crippen LogP contribution in [0.1, 0.15) is 24.8 Å². The highest BCUT2D eigenvalue weighted by Gasteiger charge is 2.42. The molecule has 2 aliphatic rings. The zero-order valence-electron chi connectivity index (χ0n) is 18.1. The van der Waals surface area contributed by atoms with Gasteiger partial charge in [0.05, 0.1) is 6.04 Å². The van der Waals surface area contributed by atoms with E-state index >= 15 is 0 Å². The van der Waals surface area contributed by atoms with E-state index in [4.69, 9.17) is 11.6 Å². The van der Waals surface area contributed by atoms with Gasteiger partial charge in [0.25, 0.3) is 11.8 Å². The summed E-state index contributed by atoms with van der Waals surface area (Å²) in [6, 6.07) is 13.2. The number of imide groups is 1. The summed E-state index contributed by atoms with van der Waals surface area (Å²) in [5.41, 5.74) is 2.19. The van der Waals surface area contributed by atoms with Crippen molar-refractivity contribution < 1.29 is 24.3 Å². The van der Waals surface area contributed by atoms with E-state index in [1.165, 1.54) is 6.08 Å². The summed E-state index contributed by atoms with van der Waals surface area (Å²) in [4.78, 5) is 49.9.